The number of nitrogens with zero attached hydrogens (tertiary/aromatic N) is 2. The topological polar surface area (TPSA) is 81.8 Å². The minimum absolute atomic E-state index is 0.331. The van der Waals surface area contributed by atoms with Gasteiger partial charge in [0.2, 0.25) is 5.91 Å². The largest absolute Gasteiger partial charge is 0.372 e. The van der Waals surface area contributed by atoms with Crippen LogP contribution in [-0.2, 0) is 21.5 Å². The lowest BCUT2D eigenvalue weighted by Gasteiger charge is -2.23. The molecule has 1 atom stereocenters. The Balaban J connectivity index is 1.38. The molecule has 2 aliphatic rings. The van der Waals surface area contributed by atoms with E-state index in [9.17, 15) is 14.4 Å². The highest BCUT2D eigenvalue weighted by Crippen LogP contribution is 2.29. The number of urea groups is 1. The highest BCUT2D eigenvalue weighted by atomic mass is 16.2. The van der Waals surface area contributed by atoms with Crippen molar-refractivity contribution in [1.29, 1.82) is 0 Å². The number of anilines is 2. The first kappa shape index (κ1) is 23.8. The molecule has 2 aromatic carbocycles. The van der Waals surface area contributed by atoms with Gasteiger partial charge in [-0.15, -0.1) is 0 Å². The molecule has 0 radical (unpaired) electrons. The van der Waals surface area contributed by atoms with E-state index < -0.39 is 23.4 Å². The van der Waals surface area contributed by atoms with Gasteiger partial charge in [-0.05, 0) is 61.6 Å². The zero-order chi connectivity index (χ0) is 24.1. The first-order valence-corrected chi connectivity index (χ1v) is 12.3. The molecule has 2 saturated heterocycles. The first-order valence-electron chi connectivity index (χ1n) is 12.3. The second-order valence-electron chi connectivity index (χ2n) is 9.39. The van der Waals surface area contributed by atoms with Gasteiger partial charge >= 0.3 is 6.03 Å². The van der Waals surface area contributed by atoms with E-state index in [0.717, 1.165) is 36.5 Å². The number of rotatable bonds is 7. The maximum Gasteiger partial charge on any atom is 0.325 e. The van der Waals surface area contributed by atoms with Crippen LogP contribution >= 0.6 is 0 Å². The molecule has 180 valence electrons. The molecule has 4 rings (SSSR count). The van der Waals surface area contributed by atoms with E-state index in [4.69, 9.17) is 0 Å². The number of nitrogens with one attached hydrogen (secondary N) is 2. The highest BCUT2D eigenvalue weighted by Gasteiger charge is 2.49. The van der Waals surface area contributed by atoms with E-state index in [0.29, 0.717) is 11.3 Å². The lowest BCUT2D eigenvalue weighted by Crippen LogP contribution is -2.42. The van der Waals surface area contributed by atoms with Crippen molar-refractivity contribution < 1.29 is 14.4 Å². The van der Waals surface area contributed by atoms with Gasteiger partial charge in [0, 0.05) is 24.5 Å². The number of carbonyl (C=O) groups is 3. The van der Waals surface area contributed by atoms with Gasteiger partial charge in [-0.25, -0.2) is 4.79 Å². The molecular weight excluding hydrogens is 428 g/mol. The van der Waals surface area contributed by atoms with E-state index in [1.165, 1.54) is 31.2 Å². The molecule has 0 aliphatic carbocycles. The molecule has 2 aliphatic heterocycles. The predicted molar refractivity (Wildman–Crippen MR) is 134 cm³/mol. The average Bonchev–Trinajstić information content (AvgIpc) is 3.02. The van der Waals surface area contributed by atoms with Crippen LogP contribution in [0.5, 0.6) is 0 Å². The van der Waals surface area contributed by atoms with E-state index in [2.05, 4.69) is 22.5 Å². The van der Waals surface area contributed by atoms with Crippen molar-refractivity contribution in [1.82, 2.24) is 10.2 Å². The molecule has 2 heterocycles. The van der Waals surface area contributed by atoms with Gasteiger partial charge in [0.25, 0.3) is 5.91 Å². The van der Waals surface area contributed by atoms with Gasteiger partial charge in [0.15, 0.2) is 0 Å². The maximum atomic E-state index is 13.1. The Morgan fingerprint density at radius 2 is 1.62 bits per heavy atom. The second-order valence-corrected chi connectivity index (χ2v) is 9.39. The van der Waals surface area contributed by atoms with Gasteiger partial charge in [-0.2, -0.15) is 0 Å². The van der Waals surface area contributed by atoms with Crippen LogP contribution in [0.4, 0.5) is 16.2 Å². The molecule has 4 amide bonds. The van der Waals surface area contributed by atoms with E-state index in [1.807, 2.05) is 48.5 Å². The summed E-state index contributed by atoms with van der Waals surface area (Å²) in [5.41, 5.74) is 2.50. The van der Waals surface area contributed by atoms with Gasteiger partial charge in [0.1, 0.15) is 12.1 Å². The third kappa shape index (κ3) is 5.08. The van der Waals surface area contributed by atoms with Gasteiger partial charge in [-0.3, -0.25) is 14.5 Å². The number of hydrogen-bond donors (Lipinski definition) is 2. The van der Waals surface area contributed by atoms with Crippen molar-refractivity contribution in [3.8, 4) is 0 Å². The first-order chi connectivity index (χ1) is 16.4. The Morgan fingerprint density at radius 3 is 2.24 bits per heavy atom. The van der Waals surface area contributed by atoms with Crippen molar-refractivity contribution in [2.45, 2.75) is 57.9 Å². The minimum atomic E-state index is -1.18. The van der Waals surface area contributed by atoms with Crippen LogP contribution in [0.3, 0.4) is 0 Å². The number of aryl methyl sites for hydroxylation is 1. The summed E-state index contributed by atoms with van der Waals surface area (Å²) in [5.74, 6) is -0.832. The zero-order valence-electron chi connectivity index (χ0n) is 20.1. The summed E-state index contributed by atoms with van der Waals surface area (Å²) in [6, 6.07) is 14.9. The number of amides is 4. The Labute approximate surface area is 201 Å². The summed E-state index contributed by atoms with van der Waals surface area (Å²) in [6.45, 7) is 5.57. The summed E-state index contributed by atoms with van der Waals surface area (Å²) in [5, 5.41) is 5.58. The van der Waals surface area contributed by atoms with Crippen LogP contribution in [0.25, 0.3) is 0 Å². The quantitative estimate of drug-likeness (QED) is 0.597. The molecule has 0 saturated carbocycles. The van der Waals surface area contributed by atoms with Crippen LogP contribution in [0.2, 0.25) is 0 Å². The molecule has 0 bridgehead atoms. The highest BCUT2D eigenvalue weighted by molar-refractivity contribution is 6.10. The van der Waals surface area contributed by atoms with Gasteiger partial charge < -0.3 is 15.5 Å². The summed E-state index contributed by atoms with van der Waals surface area (Å²) in [4.78, 5) is 41.8. The van der Waals surface area contributed by atoms with E-state index in [1.54, 1.807) is 6.92 Å². The van der Waals surface area contributed by atoms with Crippen molar-refractivity contribution in [3.63, 3.8) is 0 Å². The summed E-state index contributed by atoms with van der Waals surface area (Å²) >= 11 is 0. The monoisotopic (exact) mass is 462 g/mol. The molecule has 0 spiro atoms. The third-order valence-corrected chi connectivity index (χ3v) is 6.77. The smallest absolute Gasteiger partial charge is 0.325 e. The molecule has 2 aromatic rings. The lowest BCUT2D eigenvalue weighted by molar-refractivity contribution is -0.133. The van der Waals surface area contributed by atoms with Crippen LogP contribution in [0, 0.1) is 0 Å². The standard InChI is InChI=1S/C27H34N4O3/c1-3-8-20-9-11-21(12-10-20)27(2)25(33)31(26(34)29-27)19-24(32)28-22-13-15-23(16-14-22)30-17-6-4-5-7-18-30/h9-16H,3-8,17-19H2,1-2H3,(H,28,32)(H,29,34). The second kappa shape index (κ2) is 10.3. The number of benzene rings is 2. The maximum absolute atomic E-state index is 13.1. The summed E-state index contributed by atoms with van der Waals surface area (Å²) < 4.78 is 0. The number of imide groups is 1. The van der Waals surface area contributed by atoms with Crippen LogP contribution in [0.1, 0.15) is 57.1 Å². The van der Waals surface area contributed by atoms with E-state index in [-0.39, 0.29) is 6.54 Å². The Bertz CT molecular complexity index is 1030. The number of hydrogen-bond acceptors (Lipinski definition) is 4. The molecular formula is C27H34N4O3. The minimum Gasteiger partial charge on any atom is -0.372 e. The molecule has 0 aromatic heterocycles. The molecule has 7 nitrogen and oxygen atoms in total. The Kier molecular flexibility index (Phi) is 7.20. The summed E-state index contributed by atoms with van der Waals surface area (Å²) in [7, 11) is 0. The fourth-order valence-corrected chi connectivity index (χ4v) is 4.76. The van der Waals surface area contributed by atoms with Gasteiger partial charge in [0.05, 0.1) is 0 Å². The van der Waals surface area contributed by atoms with Crippen molar-refractivity contribution in [2.24, 2.45) is 0 Å². The Hall–Kier alpha value is -3.35. The molecule has 34 heavy (non-hydrogen) atoms. The zero-order valence-corrected chi connectivity index (χ0v) is 20.1. The lowest BCUT2D eigenvalue weighted by atomic mass is 9.91. The SMILES string of the molecule is CCCc1ccc(C2(C)NC(=O)N(CC(=O)Nc3ccc(N4CCCCCC4)cc3)C2=O)cc1. The fourth-order valence-electron chi connectivity index (χ4n) is 4.76. The third-order valence-electron chi connectivity index (χ3n) is 6.77. The average molecular weight is 463 g/mol. The molecule has 7 heteroatoms. The van der Waals surface area contributed by atoms with E-state index >= 15 is 0 Å². The molecule has 2 N–H and O–H groups in total. The van der Waals surface area contributed by atoms with Crippen LogP contribution < -0.4 is 15.5 Å². The fraction of sp³-hybridized carbons (Fsp3) is 0.444. The van der Waals surface area contributed by atoms with Crippen molar-refractivity contribution in [2.75, 3.05) is 29.9 Å². The van der Waals surface area contributed by atoms with Gasteiger partial charge in [-0.1, -0.05) is 50.5 Å². The van der Waals surface area contributed by atoms with Crippen molar-refractivity contribution >= 4 is 29.2 Å². The Morgan fingerprint density at radius 1 is 0.971 bits per heavy atom. The molecule has 1 unspecified atom stereocenters. The molecule has 2 fully saturated rings. The van der Waals surface area contributed by atoms with Crippen LogP contribution in [0.15, 0.2) is 48.5 Å². The normalized spacial score (nSPS) is 20.8. The van der Waals surface area contributed by atoms with Crippen molar-refractivity contribution in [3.05, 3.63) is 59.7 Å². The number of carbonyl (C=O) groups excluding carboxylic acids is 3. The summed E-state index contributed by atoms with van der Waals surface area (Å²) in [6.07, 6.45) is 6.95. The van der Waals surface area contributed by atoms with Crippen LogP contribution in [-0.4, -0.2) is 42.4 Å². The predicted octanol–water partition coefficient (Wildman–Crippen LogP) is 4.43.